The molecule has 5 heteroatoms. The Morgan fingerprint density at radius 2 is 1.81 bits per heavy atom. The van der Waals surface area contributed by atoms with Crippen molar-refractivity contribution in [3.63, 3.8) is 0 Å². The number of amides is 1. The Morgan fingerprint density at radius 3 is 2.44 bits per heavy atom. The first kappa shape index (κ1) is 19.7. The number of rotatable bonds is 4. The van der Waals surface area contributed by atoms with Crippen LogP contribution in [-0.2, 0) is 4.79 Å². The van der Waals surface area contributed by atoms with Crippen molar-refractivity contribution in [3.05, 3.63) is 29.3 Å². The largest absolute Gasteiger partial charge is 0.369 e. The summed E-state index contributed by atoms with van der Waals surface area (Å²) in [4.78, 5) is 19.2. The molecule has 0 unspecified atom stereocenters. The van der Waals surface area contributed by atoms with Crippen LogP contribution in [0.15, 0.2) is 18.2 Å². The van der Waals surface area contributed by atoms with E-state index < -0.39 is 5.54 Å². The molecule has 2 aliphatic rings. The highest BCUT2D eigenvalue weighted by atomic mass is 16.2. The molecule has 2 fully saturated rings. The van der Waals surface area contributed by atoms with Gasteiger partial charge in [-0.25, -0.2) is 0 Å². The zero-order chi connectivity index (χ0) is 19.4. The first-order valence-electron chi connectivity index (χ1n) is 10.2. The highest BCUT2D eigenvalue weighted by molar-refractivity contribution is 5.79. The maximum Gasteiger partial charge on any atom is 0.237 e. The Bertz CT molecular complexity index is 710. The predicted molar refractivity (Wildman–Crippen MR) is 109 cm³/mol. The van der Waals surface area contributed by atoms with Crippen LogP contribution in [0.3, 0.4) is 0 Å². The van der Waals surface area contributed by atoms with Crippen LogP contribution in [0.1, 0.15) is 43.2 Å². The third-order valence-corrected chi connectivity index (χ3v) is 6.55. The van der Waals surface area contributed by atoms with Crippen LogP contribution in [0.4, 0.5) is 5.69 Å². The van der Waals surface area contributed by atoms with Crippen LogP contribution in [0.2, 0.25) is 0 Å². The lowest BCUT2D eigenvalue weighted by atomic mass is 9.81. The highest BCUT2D eigenvalue weighted by Crippen LogP contribution is 2.32. The molecule has 27 heavy (non-hydrogen) atoms. The Morgan fingerprint density at radius 1 is 1.15 bits per heavy atom. The van der Waals surface area contributed by atoms with E-state index in [1.54, 1.807) is 4.90 Å². The van der Waals surface area contributed by atoms with Gasteiger partial charge in [-0.2, -0.15) is 5.26 Å². The van der Waals surface area contributed by atoms with E-state index in [9.17, 15) is 10.1 Å². The average Bonchev–Trinajstić information content (AvgIpc) is 2.70. The van der Waals surface area contributed by atoms with Gasteiger partial charge in [0.05, 0.1) is 12.6 Å². The van der Waals surface area contributed by atoms with Crippen LogP contribution < -0.4 is 4.90 Å². The van der Waals surface area contributed by atoms with E-state index in [0.717, 1.165) is 51.9 Å². The Labute approximate surface area is 163 Å². The van der Waals surface area contributed by atoms with E-state index in [0.29, 0.717) is 6.54 Å². The third-order valence-electron chi connectivity index (χ3n) is 6.55. The zero-order valence-electron chi connectivity index (χ0n) is 17.0. The van der Waals surface area contributed by atoms with Gasteiger partial charge in [0.15, 0.2) is 0 Å². The van der Waals surface area contributed by atoms with E-state index in [2.05, 4.69) is 47.9 Å². The smallest absolute Gasteiger partial charge is 0.237 e. The van der Waals surface area contributed by atoms with Crippen LogP contribution in [0.5, 0.6) is 0 Å². The molecule has 1 aliphatic heterocycles. The summed E-state index contributed by atoms with van der Waals surface area (Å²) in [6.07, 6.45) is 4.88. The van der Waals surface area contributed by atoms with Gasteiger partial charge in [0.2, 0.25) is 5.91 Å². The molecule has 146 valence electrons. The SMILES string of the molecule is Cc1cccc(N2CCN(CC(=O)N(C)C3(C#N)CCCCC3)CC2)c1C. The minimum Gasteiger partial charge on any atom is -0.369 e. The fourth-order valence-electron chi connectivity index (χ4n) is 4.42. The summed E-state index contributed by atoms with van der Waals surface area (Å²) in [6.45, 7) is 8.38. The Kier molecular flexibility index (Phi) is 6.06. The quantitative estimate of drug-likeness (QED) is 0.819. The van der Waals surface area contributed by atoms with Crippen molar-refractivity contribution in [1.82, 2.24) is 9.80 Å². The first-order valence-corrected chi connectivity index (χ1v) is 10.2. The summed E-state index contributed by atoms with van der Waals surface area (Å²) in [5, 5.41) is 9.71. The molecule has 1 amide bonds. The van der Waals surface area contributed by atoms with Crippen LogP contribution in [0.25, 0.3) is 0 Å². The number of carbonyl (C=O) groups is 1. The fourth-order valence-corrected chi connectivity index (χ4v) is 4.42. The second-order valence-electron chi connectivity index (χ2n) is 8.14. The minimum atomic E-state index is -0.587. The van der Waals surface area contributed by atoms with Crippen LogP contribution in [0, 0.1) is 25.2 Å². The molecule has 0 bridgehead atoms. The molecule has 5 nitrogen and oxygen atoms in total. The lowest BCUT2D eigenvalue weighted by Gasteiger charge is -2.41. The number of aryl methyl sites for hydroxylation is 1. The number of anilines is 1. The summed E-state index contributed by atoms with van der Waals surface area (Å²) >= 11 is 0. The number of nitriles is 1. The van der Waals surface area contributed by atoms with E-state index in [4.69, 9.17) is 0 Å². The van der Waals surface area contributed by atoms with Gasteiger partial charge in [0, 0.05) is 38.9 Å². The molecule has 0 aromatic heterocycles. The number of benzene rings is 1. The number of hydrogen-bond donors (Lipinski definition) is 0. The van der Waals surface area contributed by atoms with Crippen molar-refractivity contribution in [1.29, 1.82) is 5.26 Å². The molecule has 3 rings (SSSR count). The van der Waals surface area contributed by atoms with Gasteiger partial charge in [-0.15, -0.1) is 0 Å². The number of nitrogens with zero attached hydrogens (tertiary/aromatic N) is 4. The molecule has 0 N–H and O–H groups in total. The van der Waals surface area contributed by atoms with E-state index in [1.165, 1.54) is 23.2 Å². The van der Waals surface area contributed by atoms with Gasteiger partial charge < -0.3 is 9.80 Å². The van der Waals surface area contributed by atoms with Gasteiger partial charge >= 0.3 is 0 Å². The average molecular weight is 369 g/mol. The highest BCUT2D eigenvalue weighted by Gasteiger charge is 2.39. The van der Waals surface area contributed by atoms with Crippen LogP contribution >= 0.6 is 0 Å². The Hall–Kier alpha value is -2.06. The summed E-state index contributed by atoms with van der Waals surface area (Å²) in [7, 11) is 1.82. The number of hydrogen-bond acceptors (Lipinski definition) is 4. The minimum absolute atomic E-state index is 0.0821. The van der Waals surface area contributed by atoms with E-state index >= 15 is 0 Å². The normalized spacial score (nSPS) is 20.1. The molecule has 1 heterocycles. The number of carbonyl (C=O) groups excluding carboxylic acids is 1. The van der Waals surface area contributed by atoms with Gasteiger partial charge in [-0.05, 0) is 43.9 Å². The Balaban J connectivity index is 1.56. The van der Waals surface area contributed by atoms with Crippen molar-refractivity contribution < 1.29 is 4.79 Å². The fraction of sp³-hybridized carbons (Fsp3) is 0.636. The standard InChI is InChI=1S/C22H32N4O/c1-18-8-7-9-20(19(18)2)26-14-12-25(13-15-26)16-21(27)24(3)22(17-23)10-5-4-6-11-22/h7-9H,4-6,10-16H2,1-3H3. The first-order chi connectivity index (χ1) is 13.0. The van der Waals surface area contributed by atoms with Gasteiger partial charge in [-0.3, -0.25) is 9.69 Å². The van der Waals surface area contributed by atoms with Crippen molar-refractivity contribution in [2.24, 2.45) is 0 Å². The van der Waals surface area contributed by atoms with E-state index in [1.807, 2.05) is 7.05 Å². The molecule has 1 aromatic carbocycles. The second-order valence-corrected chi connectivity index (χ2v) is 8.14. The van der Waals surface area contributed by atoms with Gasteiger partial charge in [0.25, 0.3) is 0 Å². The molecule has 0 radical (unpaired) electrons. The van der Waals surface area contributed by atoms with Gasteiger partial charge in [-0.1, -0.05) is 31.4 Å². The lowest BCUT2D eigenvalue weighted by Crippen LogP contribution is -2.55. The summed E-state index contributed by atoms with van der Waals surface area (Å²) in [5.74, 6) is 0.0821. The molecule has 0 atom stereocenters. The summed E-state index contributed by atoms with van der Waals surface area (Å²) in [5.41, 5.74) is 3.38. The van der Waals surface area contributed by atoms with Gasteiger partial charge in [0.1, 0.15) is 5.54 Å². The van der Waals surface area contributed by atoms with Crippen LogP contribution in [-0.4, -0.2) is 61.0 Å². The molecule has 1 saturated heterocycles. The monoisotopic (exact) mass is 368 g/mol. The maximum absolute atomic E-state index is 12.8. The zero-order valence-corrected chi connectivity index (χ0v) is 17.0. The predicted octanol–water partition coefficient (Wildman–Crippen LogP) is 3.11. The maximum atomic E-state index is 12.8. The molecule has 1 aliphatic carbocycles. The van der Waals surface area contributed by atoms with Crippen molar-refractivity contribution in [2.45, 2.75) is 51.5 Å². The molecular formula is C22H32N4O. The molecular weight excluding hydrogens is 336 g/mol. The van der Waals surface area contributed by atoms with E-state index in [-0.39, 0.29) is 5.91 Å². The molecule has 1 aromatic rings. The third kappa shape index (κ3) is 4.11. The molecule has 1 saturated carbocycles. The topological polar surface area (TPSA) is 50.6 Å². The summed E-state index contributed by atoms with van der Waals surface area (Å²) in [6, 6.07) is 8.92. The summed E-state index contributed by atoms with van der Waals surface area (Å²) < 4.78 is 0. The van der Waals surface area contributed by atoms with Crippen molar-refractivity contribution in [2.75, 3.05) is 44.7 Å². The molecule has 0 spiro atoms. The number of likely N-dealkylation sites (N-methyl/N-ethyl adjacent to an activating group) is 1. The van der Waals surface area contributed by atoms with Crippen molar-refractivity contribution >= 4 is 11.6 Å². The number of piperazine rings is 1. The lowest BCUT2D eigenvalue weighted by molar-refractivity contribution is -0.136. The second kappa shape index (κ2) is 8.31. The van der Waals surface area contributed by atoms with Crippen molar-refractivity contribution in [3.8, 4) is 6.07 Å².